The Morgan fingerprint density at radius 3 is 2.06 bits per heavy atom. The van der Waals surface area contributed by atoms with Crippen LogP contribution in [0.4, 0.5) is 0 Å². The molecule has 0 nitrogen and oxygen atoms in total. The van der Waals surface area contributed by atoms with Crippen LogP contribution in [0, 0.1) is 0 Å². The molecule has 0 atom stereocenters. The molecule has 0 aromatic heterocycles. The van der Waals surface area contributed by atoms with Crippen LogP contribution in [-0.4, -0.2) is 0 Å². The fraction of sp³-hybridized carbons (Fsp3) is 0.133. The fourth-order valence-corrected chi connectivity index (χ4v) is 1.07. The summed E-state index contributed by atoms with van der Waals surface area (Å²) in [7, 11) is 0. The SMILES string of the molecule is C=C(C)C(=C)C.[Zr].c1ccc2[cH-]ccc2c1. The summed E-state index contributed by atoms with van der Waals surface area (Å²) in [6.45, 7) is 11.2. The summed E-state index contributed by atoms with van der Waals surface area (Å²) >= 11 is 0. The van der Waals surface area contributed by atoms with Gasteiger partial charge in [0.1, 0.15) is 0 Å². The number of hydrogen-bond donors (Lipinski definition) is 0. The molecule has 0 aliphatic heterocycles. The van der Waals surface area contributed by atoms with E-state index in [1.54, 1.807) is 0 Å². The molecule has 16 heavy (non-hydrogen) atoms. The van der Waals surface area contributed by atoms with Crippen molar-refractivity contribution in [2.75, 3.05) is 0 Å². The second kappa shape index (κ2) is 7.46. The van der Waals surface area contributed by atoms with Gasteiger partial charge >= 0.3 is 0 Å². The summed E-state index contributed by atoms with van der Waals surface area (Å²) < 4.78 is 0. The molecule has 82 valence electrons. The summed E-state index contributed by atoms with van der Waals surface area (Å²) in [5.74, 6) is 0. The van der Waals surface area contributed by atoms with Crippen molar-refractivity contribution in [1.82, 2.24) is 0 Å². The van der Waals surface area contributed by atoms with E-state index >= 15 is 0 Å². The molecule has 0 bridgehead atoms. The van der Waals surface area contributed by atoms with E-state index in [2.05, 4.69) is 55.6 Å². The Bertz CT molecular complexity index is 421. The molecule has 0 N–H and O–H groups in total. The minimum atomic E-state index is 0. The van der Waals surface area contributed by atoms with E-state index in [9.17, 15) is 0 Å². The van der Waals surface area contributed by atoms with Crippen molar-refractivity contribution >= 4 is 10.8 Å². The molecule has 0 heterocycles. The van der Waals surface area contributed by atoms with Crippen molar-refractivity contribution in [1.29, 1.82) is 0 Å². The van der Waals surface area contributed by atoms with Crippen LogP contribution in [0.2, 0.25) is 0 Å². The molecular formula is C15H17Zr-. The van der Waals surface area contributed by atoms with Gasteiger partial charge in [-0.1, -0.05) is 30.4 Å². The van der Waals surface area contributed by atoms with Gasteiger partial charge in [0, 0.05) is 26.2 Å². The summed E-state index contributed by atoms with van der Waals surface area (Å²) in [5, 5.41) is 2.66. The average molecular weight is 289 g/mol. The maximum atomic E-state index is 3.66. The van der Waals surface area contributed by atoms with Gasteiger partial charge in [-0.05, 0) is 13.8 Å². The zero-order valence-corrected chi connectivity index (χ0v) is 12.4. The van der Waals surface area contributed by atoms with Gasteiger partial charge < -0.3 is 0 Å². The molecule has 0 amide bonds. The monoisotopic (exact) mass is 287 g/mol. The van der Waals surface area contributed by atoms with E-state index < -0.39 is 0 Å². The second-order valence-corrected chi connectivity index (χ2v) is 3.72. The molecule has 2 aromatic rings. The number of hydrogen-bond acceptors (Lipinski definition) is 0. The van der Waals surface area contributed by atoms with E-state index in [4.69, 9.17) is 0 Å². The molecular weight excluding hydrogens is 271 g/mol. The maximum absolute atomic E-state index is 3.66. The van der Waals surface area contributed by atoms with Gasteiger partial charge in [-0.2, -0.15) is 17.5 Å². The van der Waals surface area contributed by atoms with Crippen molar-refractivity contribution in [3.8, 4) is 0 Å². The van der Waals surface area contributed by atoms with Crippen LogP contribution >= 0.6 is 0 Å². The number of fused-ring (bicyclic) bond motifs is 1. The molecule has 1 heteroatoms. The zero-order chi connectivity index (χ0) is 11.3. The van der Waals surface area contributed by atoms with E-state index in [1.807, 2.05) is 13.8 Å². The van der Waals surface area contributed by atoms with E-state index in [1.165, 1.54) is 10.8 Å². The van der Waals surface area contributed by atoms with Gasteiger partial charge in [0.25, 0.3) is 0 Å². The summed E-state index contributed by atoms with van der Waals surface area (Å²) in [6.07, 6.45) is 0. The third-order valence-corrected chi connectivity index (χ3v) is 2.28. The maximum Gasteiger partial charge on any atom is 0 e. The van der Waals surface area contributed by atoms with Crippen molar-refractivity contribution in [2.24, 2.45) is 0 Å². The number of benzene rings is 1. The smallest absolute Gasteiger partial charge is 0 e. The average Bonchev–Trinajstić information content (AvgIpc) is 2.66. The van der Waals surface area contributed by atoms with Gasteiger partial charge in [0.05, 0.1) is 0 Å². The van der Waals surface area contributed by atoms with Crippen LogP contribution in [0.3, 0.4) is 0 Å². The van der Waals surface area contributed by atoms with Crippen LogP contribution < -0.4 is 0 Å². The van der Waals surface area contributed by atoms with Crippen LogP contribution in [0.25, 0.3) is 10.8 Å². The van der Waals surface area contributed by atoms with Crippen molar-refractivity contribution in [3.05, 3.63) is 66.8 Å². The van der Waals surface area contributed by atoms with Crippen molar-refractivity contribution in [2.45, 2.75) is 13.8 Å². The number of rotatable bonds is 1. The fourth-order valence-electron chi connectivity index (χ4n) is 1.07. The molecule has 0 saturated carbocycles. The predicted octanol–water partition coefficient (Wildman–Crippen LogP) is 4.69. The Hall–Kier alpha value is -0.807. The molecule has 0 unspecified atom stereocenters. The Balaban J connectivity index is 0.000000289. The van der Waals surface area contributed by atoms with Crippen molar-refractivity contribution < 1.29 is 26.2 Å². The molecule has 0 aliphatic rings. The minimum absolute atomic E-state index is 0. The molecule has 2 aromatic carbocycles. The van der Waals surface area contributed by atoms with Crippen LogP contribution in [0.5, 0.6) is 0 Å². The number of allylic oxidation sites excluding steroid dienone is 2. The van der Waals surface area contributed by atoms with Gasteiger partial charge in [-0.25, -0.2) is 0 Å². The largest absolute Gasteiger partial charge is 0.168 e. The van der Waals surface area contributed by atoms with Gasteiger partial charge in [0.15, 0.2) is 0 Å². The normalized spacial score (nSPS) is 8.62. The third kappa shape index (κ3) is 4.81. The third-order valence-electron chi connectivity index (χ3n) is 2.28. The van der Waals surface area contributed by atoms with E-state index in [0.717, 1.165) is 11.1 Å². The summed E-state index contributed by atoms with van der Waals surface area (Å²) in [5.41, 5.74) is 2.13. The first kappa shape index (κ1) is 15.2. The van der Waals surface area contributed by atoms with Crippen molar-refractivity contribution in [3.63, 3.8) is 0 Å². The Morgan fingerprint density at radius 2 is 1.56 bits per heavy atom. The molecule has 0 fully saturated rings. The first-order valence-electron chi connectivity index (χ1n) is 5.03. The van der Waals surface area contributed by atoms with E-state index in [0.29, 0.717) is 0 Å². The van der Waals surface area contributed by atoms with Gasteiger partial charge in [0.2, 0.25) is 0 Å². The Labute approximate surface area is 117 Å². The first-order valence-corrected chi connectivity index (χ1v) is 5.03. The topological polar surface area (TPSA) is 0 Å². The molecule has 0 spiro atoms. The van der Waals surface area contributed by atoms with E-state index in [-0.39, 0.29) is 26.2 Å². The predicted molar refractivity (Wildman–Crippen MR) is 69.2 cm³/mol. The van der Waals surface area contributed by atoms with Crippen LogP contribution in [0.1, 0.15) is 13.8 Å². The Kier molecular flexibility index (Phi) is 7.09. The first-order chi connectivity index (χ1) is 7.11. The quantitative estimate of drug-likeness (QED) is 0.527. The Morgan fingerprint density at radius 1 is 1.00 bits per heavy atom. The molecule has 2 rings (SSSR count). The molecule has 0 radical (unpaired) electrons. The zero-order valence-electron chi connectivity index (χ0n) is 9.96. The van der Waals surface area contributed by atoms with Gasteiger partial charge in [-0.3, -0.25) is 0 Å². The summed E-state index contributed by atoms with van der Waals surface area (Å²) in [6, 6.07) is 14.7. The van der Waals surface area contributed by atoms with Crippen LogP contribution in [0.15, 0.2) is 66.8 Å². The standard InChI is InChI=1S/C9H7.C6H10.Zr/c1-2-5-9-7-3-6-8(9)4-1;1-5(2)6(3)4;/h1-7H;1,3H2,2,4H3;/q-1;;. The second-order valence-electron chi connectivity index (χ2n) is 3.72. The summed E-state index contributed by atoms with van der Waals surface area (Å²) in [4.78, 5) is 0. The van der Waals surface area contributed by atoms with Gasteiger partial charge in [-0.15, -0.1) is 29.7 Å². The minimum Gasteiger partial charge on any atom is -0.168 e. The molecule has 0 aliphatic carbocycles. The molecule has 0 saturated heterocycles. The van der Waals surface area contributed by atoms with Crippen LogP contribution in [-0.2, 0) is 26.2 Å².